The summed E-state index contributed by atoms with van der Waals surface area (Å²) in [6.07, 6.45) is 11.0. The van der Waals surface area contributed by atoms with Gasteiger partial charge in [-0.2, -0.15) is 0 Å². The van der Waals surface area contributed by atoms with Crippen molar-refractivity contribution in [2.45, 2.75) is 59.4 Å². The number of ether oxygens (including phenoxy) is 1. The van der Waals surface area contributed by atoms with E-state index in [4.69, 9.17) is 9.72 Å². The number of aryl methyl sites for hydroxylation is 1. The Hall–Kier alpha value is -3.28. The van der Waals surface area contributed by atoms with Gasteiger partial charge >= 0.3 is 0 Å². The first-order chi connectivity index (χ1) is 15.5. The number of hydrogen-bond donors (Lipinski definition) is 1. The summed E-state index contributed by atoms with van der Waals surface area (Å²) in [5.41, 5.74) is 4.04. The smallest absolute Gasteiger partial charge is 0.145 e. The summed E-state index contributed by atoms with van der Waals surface area (Å²) in [4.78, 5) is 23.4. The largest absolute Gasteiger partial charge is 0.496 e. The summed E-state index contributed by atoms with van der Waals surface area (Å²) in [6.45, 7) is 7.81. The molecule has 0 radical (unpaired) electrons. The second kappa shape index (κ2) is 13.2. The number of ketones is 1. The van der Waals surface area contributed by atoms with Gasteiger partial charge in [0.1, 0.15) is 17.4 Å². The topological polar surface area (TPSA) is 77.0 Å². The van der Waals surface area contributed by atoms with Crippen molar-refractivity contribution >= 4 is 11.6 Å². The molecule has 3 rings (SSSR count). The van der Waals surface area contributed by atoms with E-state index in [0.717, 1.165) is 59.6 Å². The number of pyridine rings is 1. The highest BCUT2D eigenvalue weighted by Crippen LogP contribution is 2.27. The molecule has 32 heavy (non-hydrogen) atoms. The van der Waals surface area contributed by atoms with E-state index in [2.05, 4.69) is 28.3 Å². The van der Waals surface area contributed by atoms with Crippen molar-refractivity contribution in [1.82, 2.24) is 15.0 Å². The van der Waals surface area contributed by atoms with Crippen LogP contribution in [-0.4, -0.2) is 27.8 Å². The number of hydrogen-bond acceptors (Lipinski definition) is 6. The average molecular weight is 435 g/mol. The number of aromatic nitrogens is 3. The first kappa shape index (κ1) is 25.0. The van der Waals surface area contributed by atoms with Gasteiger partial charge in [-0.3, -0.25) is 9.97 Å². The number of benzene rings is 1. The Kier molecular flexibility index (Phi) is 10.3. The summed E-state index contributed by atoms with van der Waals surface area (Å²) < 4.78 is 5.42. The molecule has 0 aliphatic heterocycles. The molecule has 0 aliphatic rings. The normalized spacial score (nSPS) is 11.2. The summed E-state index contributed by atoms with van der Waals surface area (Å²) in [7, 11) is 1.68. The molecule has 0 saturated heterocycles. The summed E-state index contributed by atoms with van der Waals surface area (Å²) in [5.74, 6) is 1.89. The van der Waals surface area contributed by atoms with Crippen molar-refractivity contribution in [2.24, 2.45) is 0 Å². The number of carbonyl (C=O) groups is 1. The van der Waals surface area contributed by atoms with E-state index in [9.17, 15) is 4.79 Å². The van der Waals surface area contributed by atoms with Crippen LogP contribution in [-0.2, 0) is 4.79 Å². The molecule has 0 aliphatic carbocycles. The van der Waals surface area contributed by atoms with Crippen molar-refractivity contribution in [3.63, 3.8) is 0 Å². The third kappa shape index (κ3) is 7.76. The van der Waals surface area contributed by atoms with Gasteiger partial charge in [-0.25, -0.2) is 4.98 Å². The lowest BCUT2D eigenvalue weighted by Crippen LogP contribution is -2.12. The fraction of sp³-hybridized carbons (Fsp3) is 0.385. The Labute approximate surface area is 191 Å². The molecule has 0 bridgehead atoms. The molecule has 6 nitrogen and oxygen atoms in total. The second-order valence-electron chi connectivity index (χ2n) is 7.70. The summed E-state index contributed by atoms with van der Waals surface area (Å²) in [5, 5.41) is 3.50. The van der Waals surface area contributed by atoms with Crippen LogP contribution in [0.25, 0.3) is 11.3 Å². The van der Waals surface area contributed by atoms with Crippen molar-refractivity contribution in [3.05, 3.63) is 66.2 Å². The van der Waals surface area contributed by atoms with Crippen molar-refractivity contribution in [2.75, 3.05) is 12.4 Å². The van der Waals surface area contributed by atoms with E-state index >= 15 is 0 Å². The molecule has 2 heterocycles. The van der Waals surface area contributed by atoms with Gasteiger partial charge in [-0.1, -0.05) is 38.5 Å². The first-order valence-electron chi connectivity index (χ1n) is 11.1. The Morgan fingerprint density at radius 1 is 1.09 bits per heavy atom. The molecule has 0 spiro atoms. The van der Waals surface area contributed by atoms with Gasteiger partial charge in [-0.05, 0) is 49.9 Å². The molecule has 2 aromatic heterocycles. The quantitative estimate of drug-likeness (QED) is 0.433. The highest BCUT2D eigenvalue weighted by Gasteiger charge is 2.12. The molecule has 1 aromatic carbocycles. The van der Waals surface area contributed by atoms with E-state index in [1.54, 1.807) is 32.6 Å². The number of nitrogens with one attached hydrogen (secondary N) is 1. The number of methoxy groups -OCH3 is 1. The Morgan fingerprint density at radius 3 is 2.50 bits per heavy atom. The minimum Gasteiger partial charge on any atom is -0.496 e. The third-order valence-corrected chi connectivity index (χ3v) is 4.93. The zero-order valence-electron chi connectivity index (χ0n) is 19.8. The minimum absolute atomic E-state index is 0.158. The van der Waals surface area contributed by atoms with Crippen LogP contribution in [0.15, 0.2) is 55.1 Å². The molecule has 6 heteroatoms. The highest BCUT2D eigenvalue weighted by molar-refractivity contribution is 5.75. The molecular weight excluding hydrogens is 400 g/mol. The van der Waals surface area contributed by atoms with Crippen molar-refractivity contribution in [3.8, 4) is 17.0 Å². The molecule has 3 aromatic rings. The Balaban J connectivity index is 0.000000534. The van der Waals surface area contributed by atoms with Crippen molar-refractivity contribution < 1.29 is 9.53 Å². The average Bonchev–Trinajstić information content (AvgIpc) is 2.80. The van der Waals surface area contributed by atoms with E-state index in [1.807, 2.05) is 44.3 Å². The molecule has 0 amide bonds. The van der Waals surface area contributed by atoms with Crippen LogP contribution in [0.4, 0.5) is 5.82 Å². The number of nitrogens with zero attached hydrogens (tertiary/aromatic N) is 3. The maximum Gasteiger partial charge on any atom is 0.145 e. The SMILES string of the molecule is CCCC(C)=O.CCCC(Nc1cncc(-c2ccc(C)c(OC)c2)n1)c1cccnc1. The van der Waals surface area contributed by atoms with Crippen LogP contribution in [0.2, 0.25) is 0 Å². The van der Waals surface area contributed by atoms with Crippen LogP contribution >= 0.6 is 0 Å². The van der Waals surface area contributed by atoms with Crippen LogP contribution in [0.3, 0.4) is 0 Å². The van der Waals surface area contributed by atoms with E-state index < -0.39 is 0 Å². The molecule has 0 saturated carbocycles. The van der Waals surface area contributed by atoms with Gasteiger partial charge in [0, 0.05) is 24.4 Å². The number of rotatable bonds is 9. The zero-order valence-corrected chi connectivity index (χ0v) is 19.8. The van der Waals surface area contributed by atoms with Crippen LogP contribution in [0.5, 0.6) is 5.75 Å². The Bertz CT molecular complexity index is 977. The summed E-state index contributed by atoms with van der Waals surface area (Å²) >= 11 is 0. The monoisotopic (exact) mass is 434 g/mol. The predicted molar refractivity (Wildman–Crippen MR) is 130 cm³/mol. The van der Waals surface area contributed by atoms with Gasteiger partial charge < -0.3 is 14.8 Å². The van der Waals surface area contributed by atoms with Gasteiger partial charge in [-0.15, -0.1) is 0 Å². The number of anilines is 1. The lowest BCUT2D eigenvalue weighted by molar-refractivity contribution is -0.117. The number of Topliss-reactive ketones (excluding diaryl/α,β-unsaturated/α-hetero) is 1. The first-order valence-corrected chi connectivity index (χ1v) is 11.1. The standard InChI is InChI=1S/C21H24N4O.C5H10O/c1-4-6-18(17-7-5-10-22-12-17)24-21-14-23-13-19(25-21)16-9-8-15(2)20(11-16)26-3;1-3-4-5(2)6/h5,7-14,18H,4,6H2,1-3H3,(H,24,25);3-4H2,1-2H3. The molecule has 0 fully saturated rings. The van der Waals surface area contributed by atoms with Gasteiger partial charge in [0.25, 0.3) is 0 Å². The zero-order chi connectivity index (χ0) is 23.3. The van der Waals surface area contributed by atoms with E-state index in [-0.39, 0.29) is 11.8 Å². The summed E-state index contributed by atoms with van der Waals surface area (Å²) in [6, 6.07) is 10.3. The fourth-order valence-electron chi connectivity index (χ4n) is 3.28. The molecule has 1 unspecified atom stereocenters. The van der Waals surface area contributed by atoms with Crippen LogP contribution in [0, 0.1) is 6.92 Å². The van der Waals surface area contributed by atoms with Gasteiger partial charge in [0.2, 0.25) is 0 Å². The maximum absolute atomic E-state index is 10.0. The predicted octanol–water partition coefficient (Wildman–Crippen LogP) is 6.18. The number of carbonyl (C=O) groups excluding carboxylic acids is 1. The second-order valence-corrected chi connectivity index (χ2v) is 7.70. The van der Waals surface area contributed by atoms with Crippen LogP contribution in [0.1, 0.15) is 63.6 Å². The minimum atomic E-state index is 0.158. The van der Waals surface area contributed by atoms with Crippen molar-refractivity contribution in [1.29, 1.82) is 0 Å². The third-order valence-electron chi connectivity index (χ3n) is 4.93. The highest BCUT2D eigenvalue weighted by atomic mass is 16.5. The van der Waals surface area contributed by atoms with Gasteiger partial charge in [0.05, 0.1) is 31.2 Å². The fourth-order valence-corrected chi connectivity index (χ4v) is 3.28. The van der Waals surface area contributed by atoms with Gasteiger partial charge in [0.15, 0.2) is 0 Å². The van der Waals surface area contributed by atoms with Crippen LogP contribution < -0.4 is 10.1 Å². The van der Waals surface area contributed by atoms with E-state index in [1.165, 1.54) is 0 Å². The lowest BCUT2D eigenvalue weighted by atomic mass is 10.0. The molecule has 1 N–H and O–H groups in total. The molecule has 170 valence electrons. The van der Waals surface area contributed by atoms with E-state index in [0.29, 0.717) is 0 Å². The molecular formula is C26H34N4O2. The Morgan fingerprint density at radius 2 is 1.91 bits per heavy atom. The maximum atomic E-state index is 10.0. The molecule has 1 atom stereocenters. The lowest BCUT2D eigenvalue weighted by Gasteiger charge is -2.19.